The van der Waals surface area contributed by atoms with E-state index in [9.17, 15) is 0 Å². The molecule has 94 valence electrons. The van der Waals surface area contributed by atoms with Gasteiger partial charge in [0, 0.05) is 5.25 Å². The smallest absolute Gasteiger partial charge is 0.159 e. The molecule has 0 aliphatic carbocycles. The predicted molar refractivity (Wildman–Crippen MR) is 74.4 cm³/mol. The van der Waals surface area contributed by atoms with Gasteiger partial charge in [0.2, 0.25) is 5.16 Å². The van der Waals surface area contributed by atoms with Crippen molar-refractivity contribution >= 4 is 17.8 Å². The lowest BCUT2D eigenvalue weighted by Gasteiger charge is -2.00. The van der Waals surface area contributed by atoms with Gasteiger partial charge in [0.25, 0.3) is 0 Å². The fourth-order valence-corrected chi connectivity index (χ4v) is 2.12. The second-order valence-corrected chi connectivity index (χ2v) is 5.76. The van der Waals surface area contributed by atoms with Crippen LogP contribution in [0.2, 0.25) is 0 Å². The number of hydrogen-bond donors (Lipinski definition) is 0. The van der Waals surface area contributed by atoms with E-state index in [1.165, 1.54) is 0 Å². The van der Waals surface area contributed by atoms with E-state index >= 15 is 0 Å². The normalized spacial score (nSPS) is 10.8. The molecular weight excluding hydrogens is 244 g/mol. The van der Waals surface area contributed by atoms with E-state index in [0.717, 1.165) is 16.3 Å². The van der Waals surface area contributed by atoms with Gasteiger partial charge in [0.15, 0.2) is 0 Å². The van der Waals surface area contributed by atoms with Crippen LogP contribution in [0.15, 0.2) is 36.0 Å². The van der Waals surface area contributed by atoms with E-state index in [1.54, 1.807) is 16.6 Å². The van der Waals surface area contributed by atoms with Crippen molar-refractivity contribution in [2.24, 2.45) is 0 Å². The third kappa shape index (κ3) is 3.43. The van der Waals surface area contributed by atoms with Gasteiger partial charge in [-0.3, -0.25) is 0 Å². The molecule has 0 N–H and O–H groups in total. The molecule has 0 saturated heterocycles. The minimum atomic E-state index is 0.467. The SMILES string of the molecule is C=Cc1ccc(Cn2nnc(SC(C)C)n2)cc1. The first-order valence-electron chi connectivity index (χ1n) is 5.83. The average Bonchev–Trinajstić information content (AvgIpc) is 2.76. The Labute approximate surface area is 111 Å². The fourth-order valence-electron chi connectivity index (χ4n) is 1.48. The molecule has 2 aromatic rings. The van der Waals surface area contributed by atoms with Crippen LogP contribution < -0.4 is 0 Å². The fraction of sp³-hybridized carbons (Fsp3) is 0.308. The molecule has 1 aromatic heterocycles. The molecule has 0 saturated carbocycles. The van der Waals surface area contributed by atoms with Crippen LogP contribution in [0.1, 0.15) is 25.0 Å². The summed E-state index contributed by atoms with van der Waals surface area (Å²) in [5, 5.41) is 13.6. The molecule has 0 spiro atoms. The Bertz CT molecular complexity index is 516. The van der Waals surface area contributed by atoms with Crippen LogP contribution in [0.4, 0.5) is 0 Å². The monoisotopic (exact) mass is 260 g/mol. The molecule has 0 aliphatic heterocycles. The summed E-state index contributed by atoms with van der Waals surface area (Å²) in [5.74, 6) is 0. The first kappa shape index (κ1) is 12.8. The summed E-state index contributed by atoms with van der Waals surface area (Å²) in [6.45, 7) is 8.60. The quantitative estimate of drug-likeness (QED) is 0.775. The van der Waals surface area contributed by atoms with Gasteiger partial charge < -0.3 is 0 Å². The largest absolute Gasteiger partial charge is 0.231 e. The van der Waals surface area contributed by atoms with Crippen molar-refractivity contribution < 1.29 is 0 Å². The molecule has 5 heteroatoms. The zero-order valence-electron chi connectivity index (χ0n) is 10.6. The molecular formula is C13H16N4S. The van der Waals surface area contributed by atoms with Crippen molar-refractivity contribution in [3.63, 3.8) is 0 Å². The highest BCUT2D eigenvalue weighted by atomic mass is 32.2. The minimum absolute atomic E-state index is 0.467. The number of rotatable bonds is 5. The van der Waals surface area contributed by atoms with Crippen LogP contribution in [0.25, 0.3) is 6.08 Å². The van der Waals surface area contributed by atoms with Gasteiger partial charge in [-0.25, -0.2) is 0 Å². The molecule has 0 unspecified atom stereocenters. The van der Waals surface area contributed by atoms with E-state index in [1.807, 2.05) is 18.2 Å². The van der Waals surface area contributed by atoms with Crippen LogP contribution in [0.3, 0.4) is 0 Å². The lowest BCUT2D eigenvalue weighted by atomic mass is 10.1. The molecule has 0 fully saturated rings. The number of benzene rings is 1. The van der Waals surface area contributed by atoms with Crippen molar-refractivity contribution in [1.29, 1.82) is 0 Å². The molecule has 0 aliphatic rings. The van der Waals surface area contributed by atoms with Gasteiger partial charge >= 0.3 is 0 Å². The predicted octanol–water partition coefficient (Wildman–Crippen LogP) is 2.86. The highest BCUT2D eigenvalue weighted by molar-refractivity contribution is 7.99. The highest BCUT2D eigenvalue weighted by Crippen LogP contribution is 2.17. The molecule has 0 bridgehead atoms. The molecule has 0 amide bonds. The first-order chi connectivity index (χ1) is 8.67. The van der Waals surface area contributed by atoms with Crippen LogP contribution >= 0.6 is 11.8 Å². The number of hydrogen-bond acceptors (Lipinski definition) is 4. The van der Waals surface area contributed by atoms with Gasteiger partial charge in [-0.1, -0.05) is 62.5 Å². The van der Waals surface area contributed by atoms with Crippen LogP contribution in [0, 0.1) is 0 Å². The van der Waals surface area contributed by atoms with Crippen molar-refractivity contribution in [1.82, 2.24) is 20.2 Å². The molecule has 1 heterocycles. The molecule has 1 aromatic carbocycles. The van der Waals surface area contributed by atoms with E-state index in [2.05, 4.69) is 48.0 Å². The average molecular weight is 260 g/mol. The third-order valence-corrected chi connectivity index (χ3v) is 3.16. The summed E-state index contributed by atoms with van der Waals surface area (Å²) in [7, 11) is 0. The van der Waals surface area contributed by atoms with Gasteiger partial charge in [0.1, 0.15) is 0 Å². The Kier molecular flexibility index (Phi) is 4.15. The van der Waals surface area contributed by atoms with Crippen LogP contribution in [-0.4, -0.2) is 25.5 Å². The maximum atomic E-state index is 4.33. The standard InChI is InChI=1S/C13H16N4S/c1-4-11-5-7-12(8-6-11)9-17-15-13(14-16-17)18-10(2)3/h4-8,10H,1,9H2,2-3H3. The minimum Gasteiger partial charge on any atom is -0.159 e. The number of thioether (sulfide) groups is 1. The molecule has 0 atom stereocenters. The van der Waals surface area contributed by atoms with Crippen molar-refractivity contribution in [2.75, 3.05) is 0 Å². The Morgan fingerprint density at radius 1 is 1.33 bits per heavy atom. The third-order valence-electron chi connectivity index (χ3n) is 2.32. The maximum Gasteiger partial charge on any atom is 0.231 e. The Morgan fingerprint density at radius 3 is 2.67 bits per heavy atom. The first-order valence-corrected chi connectivity index (χ1v) is 6.71. The molecule has 0 radical (unpaired) electrons. The summed E-state index contributed by atoms with van der Waals surface area (Å²) in [6, 6.07) is 8.16. The Hall–Kier alpha value is -1.62. The number of aromatic nitrogens is 4. The van der Waals surface area contributed by atoms with Gasteiger partial charge in [0.05, 0.1) is 6.54 Å². The topological polar surface area (TPSA) is 43.6 Å². The Balaban J connectivity index is 2.03. The van der Waals surface area contributed by atoms with E-state index in [0.29, 0.717) is 11.8 Å². The van der Waals surface area contributed by atoms with Gasteiger partial charge in [-0.15, -0.1) is 10.2 Å². The summed E-state index contributed by atoms with van der Waals surface area (Å²) in [6.07, 6.45) is 1.83. The lowest BCUT2D eigenvalue weighted by molar-refractivity contribution is 0.568. The summed E-state index contributed by atoms with van der Waals surface area (Å²) in [5.41, 5.74) is 2.26. The molecule has 18 heavy (non-hydrogen) atoms. The van der Waals surface area contributed by atoms with Crippen molar-refractivity contribution in [3.8, 4) is 0 Å². The van der Waals surface area contributed by atoms with Crippen LogP contribution in [-0.2, 0) is 6.54 Å². The van der Waals surface area contributed by atoms with Crippen molar-refractivity contribution in [3.05, 3.63) is 42.0 Å². The molecule has 4 nitrogen and oxygen atoms in total. The highest BCUT2D eigenvalue weighted by Gasteiger charge is 2.06. The molecule has 2 rings (SSSR count). The van der Waals surface area contributed by atoms with Crippen LogP contribution in [0.5, 0.6) is 0 Å². The van der Waals surface area contributed by atoms with E-state index < -0.39 is 0 Å². The Morgan fingerprint density at radius 2 is 2.06 bits per heavy atom. The second-order valence-electron chi connectivity index (χ2n) is 4.21. The number of nitrogens with zero attached hydrogens (tertiary/aromatic N) is 4. The van der Waals surface area contributed by atoms with Gasteiger partial charge in [-0.2, -0.15) is 4.80 Å². The zero-order valence-corrected chi connectivity index (χ0v) is 11.4. The summed E-state index contributed by atoms with van der Waals surface area (Å²) >= 11 is 1.62. The van der Waals surface area contributed by atoms with E-state index in [4.69, 9.17) is 0 Å². The second kappa shape index (κ2) is 5.82. The van der Waals surface area contributed by atoms with Gasteiger partial charge in [-0.05, 0) is 16.3 Å². The summed E-state index contributed by atoms with van der Waals surface area (Å²) < 4.78 is 0. The maximum absolute atomic E-state index is 4.33. The van der Waals surface area contributed by atoms with E-state index in [-0.39, 0.29) is 0 Å². The number of tetrazole rings is 1. The van der Waals surface area contributed by atoms with Crippen molar-refractivity contribution in [2.45, 2.75) is 30.8 Å². The zero-order chi connectivity index (χ0) is 13.0. The summed E-state index contributed by atoms with van der Waals surface area (Å²) in [4.78, 5) is 1.62. The lowest BCUT2D eigenvalue weighted by Crippen LogP contribution is -2.04.